The van der Waals surface area contributed by atoms with Crippen LogP contribution in [0.4, 0.5) is 0 Å². The Balaban J connectivity index is 2.19. The molecule has 1 N–H and O–H groups in total. The SMILES string of the molecule is CC(C)CC1(C)CN1. The van der Waals surface area contributed by atoms with Gasteiger partial charge in [0.25, 0.3) is 0 Å². The Morgan fingerprint density at radius 2 is 2.12 bits per heavy atom. The van der Waals surface area contributed by atoms with E-state index in [1.807, 2.05) is 0 Å². The summed E-state index contributed by atoms with van der Waals surface area (Å²) in [4.78, 5) is 0. The number of nitrogens with one attached hydrogen (secondary N) is 1. The Bertz CT molecular complexity index is 82.4. The minimum atomic E-state index is 0.522. The molecule has 0 spiro atoms. The van der Waals surface area contributed by atoms with Gasteiger partial charge in [-0.1, -0.05) is 13.8 Å². The zero-order chi connectivity index (χ0) is 6.20. The number of hydrogen-bond donors (Lipinski definition) is 1. The third-order valence-electron chi connectivity index (χ3n) is 1.64. The quantitative estimate of drug-likeness (QED) is 0.537. The number of rotatable bonds is 2. The van der Waals surface area contributed by atoms with Crippen molar-refractivity contribution in [3.05, 3.63) is 0 Å². The lowest BCUT2D eigenvalue weighted by atomic mass is 9.99. The van der Waals surface area contributed by atoms with Crippen molar-refractivity contribution < 1.29 is 0 Å². The lowest BCUT2D eigenvalue weighted by Gasteiger charge is -2.08. The minimum Gasteiger partial charge on any atom is -0.308 e. The van der Waals surface area contributed by atoms with Crippen LogP contribution in [-0.4, -0.2) is 12.1 Å². The molecule has 1 rings (SSSR count). The van der Waals surface area contributed by atoms with Crippen LogP contribution in [0, 0.1) is 5.92 Å². The van der Waals surface area contributed by atoms with Gasteiger partial charge in [0.05, 0.1) is 0 Å². The predicted molar refractivity (Wildman–Crippen MR) is 35.9 cm³/mol. The molecule has 1 heteroatoms. The van der Waals surface area contributed by atoms with E-state index in [0.717, 1.165) is 5.92 Å². The zero-order valence-electron chi connectivity index (χ0n) is 5.99. The van der Waals surface area contributed by atoms with E-state index in [4.69, 9.17) is 0 Å². The summed E-state index contributed by atoms with van der Waals surface area (Å²) in [5.74, 6) is 0.843. The summed E-state index contributed by atoms with van der Waals surface area (Å²) in [5, 5.41) is 3.34. The van der Waals surface area contributed by atoms with Gasteiger partial charge in [-0.25, -0.2) is 0 Å². The molecule has 1 atom stereocenters. The van der Waals surface area contributed by atoms with Crippen LogP contribution in [0.25, 0.3) is 0 Å². The van der Waals surface area contributed by atoms with Crippen molar-refractivity contribution in [2.45, 2.75) is 32.7 Å². The molecular formula is C7H15N. The van der Waals surface area contributed by atoms with Crippen LogP contribution < -0.4 is 5.32 Å². The molecule has 0 aromatic rings. The normalized spacial score (nSPS) is 36.0. The van der Waals surface area contributed by atoms with Crippen LogP contribution in [0.2, 0.25) is 0 Å². The van der Waals surface area contributed by atoms with Crippen LogP contribution in [-0.2, 0) is 0 Å². The topological polar surface area (TPSA) is 21.9 Å². The molecular weight excluding hydrogens is 98.1 g/mol. The summed E-state index contributed by atoms with van der Waals surface area (Å²) in [6, 6.07) is 0. The molecule has 0 aromatic carbocycles. The van der Waals surface area contributed by atoms with E-state index in [2.05, 4.69) is 26.1 Å². The Morgan fingerprint density at radius 1 is 1.62 bits per heavy atom. The monoisotopic (exact) mass is 113 g/mol. The van der Waals surface area contributed by atoms with Gasteiger partial charge in [0.1, 0.15) is 0 Å². The second kappa shape index (κ2) is 1.73. The smallest absolute Gasteiger partial charge is 0.0281 e. The van der Waals surface area contributed by atoms with Gasteiger partial charge in [-0.15, -0.1) is 0 Å². The molecule has 1 aliphatic rings. The van der Waals surface area contributed by atoms with Crippen molar-refractivity contribution >= 4 is 0 Å². The maximum atomic E-state index is 3.34. The highest BCUT2D eigenvalue weighted by Gasteiger charge is 2.36. The van der Waals surface area contributed by atoms with Crippen LogP contribution in [0.3, 0.4) is 0 Å². The van der Waals surface area contributed by atoms with Crippen molar-refractivity contribution in [2.24, 2.45) is 5.92 Å². The molecule has 8 heavy (non-hydrogen) atoms. The van der Waals surface area contributed by atoms with Gasteiger partial charge in [-0.3, -0.25) is 0 Å². The first-order valence-corrected chi connectivity index (χ1v) is 3.37. The van der Waals surface area contributed by atoms with Crippen LogP contribution >= 0.6 is 0 Å². The molecule has 1 nitrogen and oxygen atoms in total. The molecule has 0 aromatic heterocycles. The van der Waals surface area contributed by atoms with E-state index >= 15 is 0 Å². The fourth-order valence-corrected chi connectivity index (χ4v) is 1.20. The fourth-order valence-electron chi connectivity index (χ4n) is 1.20. The third-order valence-corrected chi connectivity index (χ3v) is 1.64. The van der Waals surface area contributed by atoms with Gasteiger partial charge in [-0.05, 0) is 19.3 Å². The van der Waals surface area contributed by atoms with E-state index in [1.165, 1.54) is 13.0 Å². The summed E-state index contributed by atoms with van der Waals surface area (Å²) in [6.45, 7) is 8.05. The summed E-state index contributed by atoms with van der Waals surface area (Å²) in [5.41, 5.74) is 0.522. The van der Waals surface area contributed by atoms with E-state index in [-0.39, 0.29) is 0 Å². The van der Waals surface area contributed by atoms with Gasteiger partial charge in [0.15, 0.2) is 0 Å². The second-order valence-corrected chi connectivity index (χ2v) is 3.51. The summed E-state index contributed by atoms with van der Waals surface area (Å²) >= 11 is 0. The van der Waals surface area contributed by atoms with E-state index < -0.39 is 0 Å². The van der Waals surface area contributed by atoms with E-state index in [9.17, 15) is 0 Å². The van der Waals surface area contributed by atoms with Crippen molar-refractivity contribution in [3.8, 4) is 0 Å². The fraction of sp³-hybridized carbons (Fsp3) is 1.00. The van der Waals surface area contributed by atoms with Crippen LogP contribution in [0.5, 0.6) is 0 Å². The molecule has 1 aliphatic heterocycles. The standard InChI is InChI=1S/C7H15N/c1-6(2)4-7(3)5-8-7/h6,8H,4-5H2,1-3H3. The highest BCUT2D eigenvalue weighted by Crippen LogP contribution is 2.24. The van der Waals surface area contributed by atoms with Crippen molar-refractivity contribution in [1.29, 1.82) is 0 Å². The van der Waals surface area contributed by atoms with E-state index in [1.54, 1.807) is 0 Å². The maximum absolute atomic E-state index is 3.34. The van der Waals surface area contributed by atoms with Crippen molar-refractivity contribution in [2.75, 3.05) is 6.54 Å². The van der Waals surface area contributed by atoms with Gasteiger partial charge in [0, 0.05) is 12.1 Å². The Morgan fingerprint density at radius 3 is 2.25 bits per heavy atom. The first kappa shape index (κ1) is 6.09. The summed E-state index contributed by atoms with van der Waals surface area (Å²) < 4.78 is 0. The maximum Gasteiger partial charge on any atom is 0.0281 e. The average molecular weight is 113 g/mol. The molecule has 0 bridgehead atoms. The highest BCUT2D eigenvalue weighted by molar-refractivity contribution is 4.99. The molecule has 1 unspecified atom stereocenters. The Kier molecular flexibility index (Phi) is 1.31. The van der Waals surface area contributed by atoms with Gasteiger partial charge in [-0.2, -0.15) is 0 Å². The van der Waals surface area contributed by atoms with Gasteiger partial charge < -0.3 is 5.32 Å². The van der Waals surface area contributed by atoms with Crippen molar-refractivity contribution in [1.82, 2.24) is 5.32 Å². The lowest BCUT2D eigenvalue weighted by Crippen LogP contribution is -2.12. The molecule has 0 radical (unpaired) electrons. The largest absolute Gasteiger partial charge is 0.308 e. The molecule has 1 saturated heterocycles. The van der Waals surface area contributed by atoms with Crippen LogP contribution in [0.15, 0.2) is 0 Å². The Labute approximate surface area is 51.5 Å². The molecule has 0 saturated carbocycles. The molecule has 0 amide bonds. The van der Waals surface area contributed by atoms with Gasteiger partial charge in [0.2, 0.25) is 0 Å². The predicted octanol–water partition coefficient (Wildman–Crippen LogP) is 1.39. The third kappa shape index (κ3) is 1.48. The second-order valence-electron chi connectivity index (χ2n) is 3.51. The minimum absolute atomic E-state index is 0.522. The molecule has 1 heterocycles. The summed E-state index contributed by atoms with van der Waals surface area (Å²) in [7, 11) is 0. The molecule has 0 aliphatic carbocycles. The average Bonchev–Trinajstić information content (AvgIpc) is 2.17. The van der Waals surface area contributed by atoms with Gasteiger partial charge >= 0.3 is 0 Å². The zero-order valence-corrected chi connectivity index (χ0v) is 5.99. The van der Waals surface area contributed by atoms with Crippen LogP contribution in [0.1, 0.15) is 27.2 Å². The summed E-state index contributed by atoms with van der Waals surface area (Å²) in [6.07, 6.45) is 1.33. The lowest BCUT2D eigenvalue weighted by molar-refractivity contribution is 0.494. The first-order valence-electron chi connectivity index (χ1n) is 3.37. The van der Waals surface area contributed by atoms with Crippen molar-refractivity contribution in [3.63, 3.8) is 0 Å². The highest BCUT2D eigenvalue weighted by atomic mass is 15.1. The molecule has 48 valence electrons. The Hall–Kier alpha value is -0.0400. The number of hydrogen-bond acceptors (Lipinski definition) is 1. The first-order chi connectivity index (χ1) is 3.62. The van der Waals surface area contributed by atoms with E-state index in [0.29, 0.717) is 5.54 Å². The molecule has 1 fully saturated rings.